The second-order valence-electron chi connectivity index (χ2n) is 5.74. The number of hydrogen-bond acceptors (Lipinski definition) is 1. The minimum atomic E-state index is 0.388. The first-order valence-electron chi connectivity index (χ1n) is 6.14. The van der Waals surface area contributed by atoms with Crippen molar-refractivity contribution in [3.63, 3.8) is 0 Å². The largest absolute Gasteiger partial charge is 0.356 e. The number of piperidine rings is 1. The first-order valence-corrected chi connectivity index (χ1v) is 6.14. The van der Waals surface area contributed by atoms with Crippen LogP contribution in [0.25, 0.3) is 0 Å². The van der Waals surface area contributed by atoms with Gasteiger partial charge in [-0.3, -0.25) is 4.79 Å². The highest BCUT2D eigenvalue weighted by atomic mass is 16.2. The smallest absolute Gasteiger partial charge is 0.223 e. The highest BCUT2D eigenvalue weighted by molar-refractivity contribution is 5.80. The monoisotopic (exact) mass is 191 g/mol. The Morgan fingerprint density at radius 1 is 0.929 bits per heavy atom. The molecular formula is C12H17NO. The molecule has 3 aliphatic carbocycles. The van der Waals surface area contributed by atoms with Gasteiger partial charge in [0.2, 0.25) is 5.91 Å². The van der Waals surface area contributed by atoms with Crippen LogP contribution >= 0.6 is 0 Å². The van der Waals surface area contributed by atoms with Gasteiger partial charge in [0.25, 0.3) is 0 Å². The van der Waals surface area contributed by atoms with Crippen molar-refractivity contribution in [2.24, 2.45) is 35.5 Å². The van der Waals surface area contributed by atoms with E-state index in [1.807, 2.05) is 0 Å². The topological polar surface area (TPSA) is 29.1 Å². The van der Waals surface area contributed by atoms with E-state index in [1.165, 1.54) is 25.7 Å². The normalized spacial score (nSPS) is 58.7. The summed E-state index contributed by atoms with van der Waals surface area (Å²) in [6.45, 7) is 0.945. The molecule has 4 fully saturated rings. The van der Waals surface area contributed by atoms with Crippen LogP contribution in [0, 0.1) is 35.5 Å². The average Bonchev–Trinajstić information content (AvgIpc) is 2.55. The lowest BCUT2D eigenvalue weighted by Crippen LogP contribution is -2.51. The zero-order valence-corrected chi connectivity index (χ0v) is 8.41. The number of amides is 1. The summed E-state index contributed by atoms with van der Waals surface area (Å²) >= 11 is 0. The molecule has 1 amide bonds. The van der Waals surface area contributed by atoms with Crippen molar-refractivity contribution >= 4 is 5.91 Å². The summed E-state index contributed by atoms with van der Waals surface area (Å²) in [7, 11) is 0. The molecule has 0 aromatic heterocycles. The Bertz CT molecular complexity index is 299. The van der Waals surface area contributed by atoms with Gasteiger partial charge in [0, 0.05) is 12.5 Å². The molecular weight excluding hydrogens is 174 g/mol. The van der Waals surface area contributed by atoms with Crippen LogP contribution < -0.4 is 5.32 Å². The zero-order chi connectivity index (χ0) is 9.28. The first-order chi connectivity index (χ1) is 6.86. The predicted molar refractivity (Wildman–Crippen MR) is 52.4 cm³/mol. The molecule has 2 nitrogen and oxygen atoms in total. The number of fused-ring (bicyclic) bond motifs is 8. The van der Waals surface area contributed by atoms with Crippen LogP contribution in [-0.4, -0.2) is 12.5 Å². The van der Waals surface area contributed by atoms with Crippen molar-refractivity contribution in [2.75, 3.05) is 6.54 Å². The van der Waals surface area contributed by atoms with Crippen LogP contribution in [0.15, 0.2) is 0 Å². The van der Waals surface area contributed by atoms with E-state index < -0.39 is 0 Å². The van der Waals surface area contributed by atoms with E-state index in [2.05, 4.69) is 5.32 Å². The maximum atomic E-state index is 11.8. The molecule has 0 radical (unpaired) electrons. The summed E-state index contributed by atoms with van der Waals surface area (Å²) in [5, 5.41) is 3.06. The standard InChI is InChI=1S/C12H17NO/c14-12-11-8(3-4-13-12)9-5-10(11)7-2-1-6(7)9/h6-11H,1-5H2,(H,13,14). The Kier molecular flexibility index (Phi) is 1.29. The summed E-state index contributed by atoms with van der Waals surface area (Å²) in [5.74, 6) is 5.29. The molecule has 4 rings (SSSR count). The number of carbonyl (C=O) groups is 1. The van der Waals surface area contributed by atoms with Crippen LogP contribution in [0.5, 0.6) is 0 Å². The Labute approximate surface area is 84.4 Å². The van der Waals surface area contributed by atoms with E-state index >= 15 is 0 Å². The summed E-state index contributed by atoms with van der Waals surface area (Å²) in [4.78, 5) is 11.8. The van der Waals surface area contributed by atoms with Crippen LogP contribution in [0.1, 0.15) is 25.7 Å². The average molecular weight is 191 g/mol. The molecule has 6 unspecified atom stereocenters. The third-order valence-electron chi connectivity index (χ3n) is 5.58. The van der Waals surface area contributed by atoms with Gasteiger partial charge in [-0.25, -0.2) is 0 Å². The van der Waals surface area contributed by atoms with Crippen molar-refractivity contribution in [3.8, 4) is 0 Å². The quantitative estimate of drug-likeness (QED) is 0.616. The lowest BCUT2D eigenvalue weighted by atomic mass is 9.58. The second-order valence-corrected chi connectivity index (χ2v) is 5.74. The fraction of sp³-hybridized carbons (Fsp3) is 0.917. The fourth-order valence-corrected chi connectivity index (χ4v) is 5.03. The SMILES string of the molecule is O=C1NCCC2C3CC(C4CCC34)C12. The molecule has 1 saturated heterocycles. The molecule has 2 heteroatoms. The minimum Gasteiger partial charge on any atom is -0.356 e. The Balaban J connectivity index is 1.72. The number of hydrogen-bond donors (Lipinski definition) is 1. The molecule has 0 aromatic rings. The van der Waals surface area contributed by atoms with Crippen LogP contribution in [0.3, 0.4) is 0 Å². The van der Waals surface area contributed by atoms with Gasteiger partial charge in [-0.15, -0.1) is 0 Å². The Hall–Kier alpha value is -0.530. The van der Waals surface area contributed by atoms with Gasteiger partial charge in [-0.2, -0.15) is 0 Å². The highest BCUT2D eigenvalue weighted by Gasteiger charge is 2.62. The Morgan fingerprint density at radius 3 is 2.50 bits per heavy atom. The van der Waals surface area contributed by atoms with Gasteiger partial charge < -0.3 is 5.32 Å². The van der Waals surface area contributed by atoms with Gasteiger partial charge in [-0.05, 0) is 55.3 Å². The van der Waals surface area contributed by atoms with Crippen molar-refractivity contribution in [1.29, 1.82) is 0 Å². The van der Waals surface area contributed by atoms with Gasteiger partial charge in [-0.1, -0.05) is 0 Å². The molecule has 0 aromatic carbocycles. The fourth-order valence-electron chi connectivity index (χ4n) is 5.03. The molecule has 3 saturated carbocycles. The third-order valence-corrected chi connectivity index (χ3v) is 5.58. The van der Waals surface area contributed by atoms with E-state index in [0.29, 0.717) is 11.8 Å². The lowest BCUT2D eigenvalue weighted by molar-refractivity contribution is -0.134. The molecule has 0 spiro atoms. The maximum Gasteiger partial charge on any atom is 0.223 e. The number of rotatable bonds is 0. The molecule has 2 bridgehead atoms. The molecule has 76 valence electrons. The van der Waals surface area contributed by atoms with Gasteiger partial charge in [0.1, 0.15) is 0 Å². The van der Waals surface area contributed by atoms with Crippen molar-refractivity contribution in [2.45, 2.75) is 25.7 Å². The maximum absolute atomic E-state index is 11.8. The number of carbonyl (C=O) groups excluding carboxylic acids is 1. The lowest BCUT2D eigenvalue weighted by Gasteiger charge is -2.48. The predicted octanol–water partition coefficient (Wildman–Crippen LogP) is 1.41. The van der Waals surface area contributed by atoms with Crippen LogP contribution in [-0.2, 0) is 4.79 Å². The molecule has 6 atom stereocenters. The van der Waals surface area contributed by atoms with Gasteiger partial charge in [0.05, 0.1) is 0 Å². The van der Waals surface area contributed by atoms with E-state index in [1.54, 1.807) is 0 Å². The molecule has 1 heterocycles. The second kappa shape index (κ2) is 2.34. The summed E-state index contributed by atoms with van der Waals surface area (Å²) in [6.07, 6.45) is 5.54. The van der Waals surface area contributed by atoms with E-state index in [9.17, 15) is 4.79 Å². The highest BCUT2D eigenvalue weighted by Crippen LogP contribution is 2.66. The minimum absolute atomic E-state index is 0.388. The van der Waals surface area contributed by atoms with Crippen LogP contribution in [0.2, 0.25) is 0 Å². The van der Waals surface area contributed by atoms with E-state index in [0.717, 1.165) is 36.1 Å². The molecule has 4 aliphatic rings. The zero-order valence-electron chi connectivity index (χ0n) is 8.41. The summed E-state index contributed by atoms with van der Waals surface area (Å²) in [6, 6.07) is 0. The van der Waals surface area contributed by atoms with Gasteiger partial charge >= 0.3 is 0 Å². The van der Waals surface area contributed by atoms with Crippen LogP contribution in [0.4, 0.5) is 0 Å². The van der Waals surface area contributed by atoms with E-state index in [-0.39, 0.29) is 0 Å². The molecule has 14 heavy (non-hydrogen) atoms. The first kappa shape index (κ1) is 7.72. The molecule has 1 N–H and O–H groups in total. The Morgan fingerprint density at radius 2 is 1.71 bits per heavy atom. The van der Waals surface area contributed by atoms with Crippen molar-refractivity contribution in [3.05, 3.63) is 0 Å². The van der Waals surface area contributed by atoms with Gasteiger partial charge in [0.15, 0.2) is 0 Å². The van der Waals surface area contributed by atoms with E-state index in [4.69, 9.17) is 0 Å². The molecule has 1 aliphatic heterocycles. The number of nitrogens with one attached hydrogen (secondary N) is 1. The third kappa shape index (κ3) is 0.697. The summed E-state index contributed by atoms with van der Waals surface area (Å²) in [5.41, 5.74) is 0. The van der Waals surface area contributed by atoms with Crippen molar-refractivity contribution < 1.29 is 4.79 Å². The van der Waals surface area contributed by atoms with Crippen molar-refractivity contribution in [1.82, 2.24) is 5.32 Å². The summed E-state index contributed by atoms with van der Waals surface area (Å²) < 4.78 is 0.